The molecule has 0 spiro atoms. The summed E-state index contributed by atoms with van der Waals surface area (Å²) in [7, 11) is 2.06. The lowest BCUT2D eigenvalue weighted by atomic mass is 10.0. The summed E-state index contributed by atoms with van der Waals surface area (Å²) >= 11 is 5.88. The Balaban J connectivity index is 1.77. The summed E-state index contributed by atoms with van der Waals surface area (Å²) in [5.41, 5.74) is 6.84. The quantitative estimate of drug-likeness (QED) is 0.848. The molecule has 0 aliphatic heterocycles. The highest BCUT2D eigenvalue weighted by atomic mass is 35.5. The van der Waals surface area contributed by atoms with E-state index in [2.05, 4.69) is 11.9 Å². The Morgan fingerprint density at radius 2 is 1.90 bits per heavy atom. The van der Waals surface area contributed by atoms with Gasteiger partial charge in [-0.25, -0.2) is 0 Å². The van der Waals surface area contributed by atoms with Crippen molar-refractivity contribution >= 4 is 11.6 Å². The van der Waals surface area contributed by atoms with E-state index >= 15 is 0 Å². The minimum atomic E-state index is -0.473. The maximum Gasteiger partial charge on any atom is 0.0774 e. The van der Waals surface area contributed by atoms with Gasteiger partial charge < -0.3 is 15.7 Å². The van der Waals surface area contributed by atoms with Crippen molar-refractivity contribution in [2.45, 2.75) is 43.7 Å². The number of nitrogens with zero attached hydrogens (tertiary/aromatic N) is 1. The summed E-state index contributed by atoms with van der Waals surface area (Å²) in [6, 6.07) is 7.74. The third-order valence-electron chi connectivity index (χ3n) is 4.22. The molecule has 1 aromatic carbocycles. The van der Waals surface area contributed by atoms with Gasteiger partial charge in [0.1, 0.15) is 0 Å². The van der Waals surface area contributed by atoms with E-state index in [4.69, 9.17) is 17.3 Å². The molecule has 3 nitrogen and oxygen atoms in total. The highest BCUT2D eigenvalue weighted by Crippen LogP contribution is 2.30. The molecule has 1 aliphatic carbocycles. The monoisotopic (exact) mass is 296 g/mol. The van der Waals surface area contributed by atoms with Crippen molar-refractivity contribution in [1.82, 2.24) is 4.90 Å². The van der Waals surface area contributed by atoms with E-state index in [1.165, 1.54) is 0 Å². The van der Waals surface area contributed by atoms with Crippen molar-refractivity contribution in [2.75, 3.05) is 20.1 Å². The normalized spacial score (nSPS) is 19.4. The van der Waals surface area contributed by atoms with E-state index in [0.717, 1.165) is 55.8 Å². The molecular formula is C16H25ClN2O. The highest BCUT2D eigenvalue weighted by molar-refractivity contribution is 6.30. The minimum absolute atomic E-state index is 0.0212. The molecule has 1 unspecified atom stereocenters. The topological polar surface area (TPSA) is 49.5 Å². The lowest BCUT2D eigenvalue weighted by Gasteiger charge is -2.29. The standard InChI is InChI=1S/C16H25ClN2O/c1-19(12-16(20)9-2-3-10-16)11-8-15(18)13-4-6-14(17)7-5-13/h4-7,15,20H,2-3,8-12,18H2,1H3. The van der Waals surface area contributed by atoms with Gasteiger partial charge in [0.15, 0.2) is 0 Å². The fraction of sp³-hybridized carbons (Fsp3) is 0.625. The summed E-state index contributed by atoms with van der Waals surface area (Å²) in [4.78, 5) is 2.20. The van der Waals surface area contributed by atoms with Crippen LogP contribution in [0.25, 0.3) is 0 Å². The Morgan fingerprint density at radius 1 is 1.30 bits per heavy atom. The van der Waals surface area contributed by atoms with Gasteiger partial charge in [0.05, 0.1) is 5.60 Å². The smallest absolute Gasteiger partial charge is 0.0774 e. The Kier molecular flexibility index (Phi) is 5.44. The first-order chi connectivity index (χ1) is 9.48. The Labute approximate surface area is 126 Å². The number of rotatable bonds is 6. The second-order valence-electron chi connectivity index (χ2n) is 6.12. The second kappa shape index (κ2) is 6.90. The molecule has 20 heavy (non-hydrogen) atoms. The zero-order chi connectivity index (χ0) is 14.6. The average Bonchev–Trinajstić information content (AvgIpc) is 2.83. The van der Waals surface area contributed by atoms with Crippen molar-refractivity contribution in [2.24, 2.45) is 5.73 Å². The lowest BCUT2D eigenvalue weighted by Crippen LogP contribution is -2.40. The number of nitrogens with two attached hydrogens (primary N) is 1. The first-order valence-electron chi connectivity index (χ1n) is 7.40. The summed E-state index contributed by atoms with van der Waals surface area (Å²) in [5, 5.41) is 11.1. The van der Waals surface area contributed by atoms with E-state index in [1.54, 1.807) is 0 Å². The molecule has 1 aromatic rings. The van der Waals surface area contributed by atoms with Gasteiger partial charge in [0, 0.05) is 17.6 Å². The maximum atomic E-state index is 10.4. The third kappa shape index (κ3) is 4.45. The number of hydrogen-bond acceptors (Lipinski definition) is 3. The number of aliphatic hydroxyl groups is 1. The van der Waals surface area contributed by atoms with Gasteiger partial charge in [0.2, 0.25) is 0 Å². The maximum absolute atomic E-state index is 10.4. The minimum Gasteiger partial charge on any atom is -0.389 e. The molecule has 0 amide bonds. The number of likely N-dealkylation sites (N-methyl/N-ethyl adjacent to an activating group) is 1. The molecule has 112 valence electrons. The van der Waals surface area contributed by atoms with Crippen LogP contribution in [0, 0.1) is 0 Å². The first kappa shape index (κ1) is 15.8. The van der Waals surface area contributed by atoms with Crippen LogP contribution in [0.15, 0.2) is 24.3 Å². The third-order valence-corrected chi connectivity index (χ3v) is 4.47. The van der Waals surface area contributed by atoms with E-state index in [9.17, 15) is 5.11 Å². The van der Waals surface area contributed by atoms with Gasteiger partial charge in [-0.2, -0.15) is 0 Å². The van der Waals surface area contributed by atoms with Crippen LogP contribution in [0.4, 0.5) is 0 Å². The lowest BCUT2D eigenvalue weighted by molar-refractivity contribution is 0.0158. The van der Waals surface area contributed by atoms with Crippen LogP contribution < -0.4 is 5.73 Å². The van der Waals surface area contributed by atoms with Gasteiger partial charge in [-0.3, -0.25) is 0 Å². The van der Waals surface area contributed by atoms with E-state index < -0.39 is 5.60 Å². The number of benzene rings is 1. The second-order valence-corrected chi connectivity index (χ2v) is 6.55. The number of halogens is 1. The van der Waals surface area contributed by atoms with E-state index in [1.807, 2.05) is 24.3 Å². The molecule has 0 saturated heterocycles. The van der Waals surface area contributed by atoms with Crippen LogP contribution >= 0.6 is 11.6 Å². The fourth-order valence-electron chi connectivity index (χ4n) is 3.01. The van der Waals surface area contributed by atoms with Crippen molar-refractivity contribution in [3.8, 4) is 0 Å². The Morgan fingerprint density at radius 3 is 2.50 bits per heavy atom. The van der Waals surface area contributed by atoms with Crippen molar-refractivity contribution in [3.63, 3.8) is 0 Å². The summed E-state index contributed by atoms with van der Waals surface area (Å²) in [6.45, 7) is 1.65. The van der Waals surface area contributed by atoms with Crippen LogP contribution in [0.5, 0.6) is 0 Å². The molecule has 0 bridgehead atoms. The molecule has 0 radical (unpaired) electrons. The first-order valence-corrected chi connectivity index (χ1v) is 7.78. The van der Waals surface area contributed by atoms with Crippen LogP contribution in [-0.2, 0) is 0 Å². The van der Waals surface area contributed by atoms with Gasteiger partial charge in [-0.1, -0.05) is 36.6 Å². The summed E-state index contributed by atoms with van der Waals surface area (Å²) in [6.07, 6.45) is 5.04. The molecular weight excluding hydrogens is 272 g/mol. The number of hydrogen-bond donors (Lipinski definition) is 2. The molecule has 1 aliphatic rings. The van der Waals surface area contributed by atoms with E-state index in [-0.39, 0.29) is 6.04 Å². The van der Waals surface area contributed by atoms with Gasteiger partial charge >= 0.3 is 0 Å². The predicted octanol–water partition coefficient (Wildman–Crippen LogP) is 2.97. The van der Waals surface area contributed by atoms with Crippen molar-refractivity contribution < 1.29 is 5.11 Å². The predicted molar refractivity (Wildman–Crippen MR) is 83.9 cm³/mol. The highest BCUT2D eigenvalue weighted by Gasteiger charge is 2.32. The summed E-state index contributed by atoms with van der Waals surface area (Å²) in [5.74, 6) is 0. The van der Waals surface area contributed by atoms with Crippen molar-refractivity contribution in [3.05, 3.63) is 34.9 Å². The van der Waals surface area contributed by atoms with Gasteiger partial charge in [0.25, 0.3) is 0 Å². The summed E-state index contributed by atoms with van der Waals surface area (Å²) < 4.78 is 0. The van der Waals surface area contributed by atoms with Gasteiger partial charge in [-0.15, -0.1) is 0 Å². The van der Waals surface area contributed by atoms with E-state index in [0.29, 0.717) is 0 Å². The van der Waals surface area contributed by atoms with Crippen LogP contribution in [-0.4, -0.2) is 35.7 Å². The van der Waals surface area contributed by atoms with Crippen molar-refractivity contribution in [1.29, 1.82) is 0 Å². The molecule has 4 heteroatoms. The molecule has 2 rings (SSSR count). The van der Waals surface area contributed by atoms with Crippen LogP contribution in [0.2, 0.25) is 5.02 Å². The van der Waals surface area contributed by atoms with Crippen LogP contribution in [0.1, 0.15) is 43.7 Å². The molecule has 0 heterocycles. The largest absolute Gasteiger partial charge is 0.389 e. The van der Waals surface area contributed by atoms with Gasteiger partial charge in [-0.05, 0) is 50.6 Å². The molecule has 3 N–H and O–H groups in total. The molecule has 1 atom stereocenters. The molecule has 1 saturated carbocycles. The Bertz CT molecular complexity index is 415. The molecule has 1 fully saturated rings. The Hall–Kier alpha value is -0.610. The zero-order valence-corrected chi connectivity index (χ0v) is 12.9. The fourth-order valence-corrected chi connectivity index (χ4v) is 3.13. The zero-order valence-electron chi connectivity index (χ0n) is 12.2. The SMILES string of the molecule is CN(CCC(N)c1ccc(Cl)cc1)CC1(O)CCCC1. The molecule has 0 aromatic heterocycles. The van der Waals surface area contributed by atoms with Crippen LogP contribution in [0.3, 0.4) is 0 Å². The average molecular weight is 297 g/mol.